The molecule has 82 valence electrons. The molecule has 0 heterocycles. The van der Waals surface area contributed by atoms with Crippen LogP contribution in [0.5, 0.6) is 5.75 Å². The summed E-state index contributed by atoms with van der Waals surface area (Å²) in [5, 5.41) is 12.4. The number of aryl methyl sites for hydroxylation is 2. The van der Waals surface area contributed by atoms with Gasteiger partial charge in [-0.2, -0.15) is 0 Å². The standard InChI is InChI=1S/C12H17NO2/c1-4-5-13-12(15)10-6-8(2)11(14)9(3)7-10/h6-7,14H,4-5H2,1-3H3,(H,13,15). The van der Waals surface area contributed by atoms with E-state index in [-0.39, 0.29) is 11.7 Å². The van der Waals surface area contributed by atoms with Crippen LogP contribution >= 0.6 is 0 Å². The zero-order valence-electron chi connectivity index (χ0n) is 9.42. The first kappa shape index (κ1) is 11.6. The van der Waals surface area contributed by atoms with Crippen molar-refractivity contribution in [1.29, 1.82) is 0 Å². The molecule has 0 aliphatic rings. The van der Waals surface area contributed by atoms with Crippen molar-refractivity contribution in [2.75, 3.05) is 6.54 Å². The minimum absolute atomic E-state index is 0.0805. The van der Waals surface area contributed by atoms with Gasteiger partial charge in [-0.3, -0.25) is 4.79 Å². The smallest absolute Gasteiger partial charge is 0.251 e. The maximum Gasteiger partial charge on any atom is 0.251 e. The van der Waals surface area contributed by atoms with E-state index in [1.165, 1.54) is 0 Å². The molecule has 0 fully saturated rings. The van der Waals surface area contributed by atoms with Crippen molar-refractivity contribution in [3.05, 3.63) is 28.8 Å². The Bertz CT molecular complexity index is 349. The summed E-state index contributed by atoms with van der Waals surface area (Å²) in [6.45, 7) is 6.27. The quantitative estimate of drug-likeness (QED) is 0.797. The van der Waals surface area contributed by atoms with Gasteiger partial charge in [-0.15, -0.1) is 0 Å². The van der Waals surface area contributed by atoms with Gasteiger partial charge in [-0.25, -0.2) is 0 Å². The zero-order valence-corrected chi connectivity index (χ0v) is 9.42. The highest BCUT2D eigenvalue weighted by atomic mass is 16.3. The molecule has 0 saturated carbocycles. The van der Waals surface area contributed by atoms with Crippen LogP contribution in [0.25, 0.3) is 0 Å². The van der Waals surface area contributed by atoms with Crippen LogP contribution in [-0.4, -0.2) is 17.6 Å². The average molecular weight is 207 g/mol. The SMILES string of the molecule is CCCNC(=O)c1cc(C)c(O)c(C)c1. The second kappa shape index (κ2) is 4.82. The normalized spacial score (nSPS) is 10.1. The Morgan fingerprint density at radius 2 is 1.87 bits per heavy atom. The number of phenols is 1. The first-order chi connectivity index (χ1) is 7.06. The van der Waals surface area contributed by atoms with Crippen molar-refractivity contribution < 1.29 is 9.90 Å². The number of phenolic OH excluding ortho intramolecular Hbond substituents is 1. The van der Waals surface area contributed by atoms with Crippen molar-refractivity contribution in [2.24, 2.45) is 0 Å². The van der Waals surface area contributed by atoms with Crippen molar-refractivity contribution in [3.8, 4) is 5.75 Å². The van der Waals surface area contributed by atoms with E-state index in [1.54, 1.807) is 26.0 Å². The summed E-state index contributed by atoms with van der Waals surface area (Å²) in [5.74, 6) is 0.185. The summed E-state index contributed by atoms with van der Waals surface area (Å²) >= 11 is 0. The number of hydrogen-bond acceptors (Lipinski definition) is 2. The number of amides is 1. The lowest BCUT2D eigenvalue weighted by Crippen LogP contribution is -2.24. The molecule has 2 N–H and O–H groups in total. The fraction of sp³-hybridized carbons (Fsp3) is 0.417. The highest BCUT2D eigenvalue weighted by Gasteiger charge is 2.09. The Kier molecular flexibility index (Phi) is 3.72. The summed E-state index contributed by atoms with van der Waals surface area (Å²) in [6.07, 6.45) is 0.918. The van der Waals surface area contributed by atoms with E-state index in [4.69, 9.17) is 0 Å². The number of benzene rings is 1. The van der Waals surface area contributed by atoms with Crippen LogP contribution in [0.3, 0.4) is 0 Å². The van der Waals surface area contributed by atoms with E-state index >= 15 is 0 Å². The van der Waals surface area contributed by atoms with Crippen molar-refractivity contribution in [2.45, 2.75) is 27.2 Å². The molecule has 0 saturated heterocycles. The summed E-state index contributed by atoms with van der Waals surface area (Å²) in [7, 11) is 0. The molecule has 0 radical (unpaired) electrons. The third-order valence-corrected chi connectivity index (χ3v) is 2.29. The molecule has 3 heteroatoms. The predicted octanol–water partition coefficient (Wildman–Crippen LogP) is 2.15. The van der Waals surface area contributed by atoms with Gasteiger partial charge in [0.25, 0.3) is 5.91 Å². The van der Waals surface area contributed by atoms with Crippen LogP contribution < -0.4 is 5.32 Å². The van der Waals surface area contributed by atoms with Crippen LogP contribution in [-0.2, 0) is 0 Å². The fourth-order valence-electron chi connectivity index (χ4n) is 1.43. The van der Waals surface area contributed by atoms with Gasteiger partial charge in [0.2, 0.25) is 0 Å². The maximum absolute atomic E-state index is 11.6. The lowest BCUT2D eigenvalue weighted by Gasteiger charge is -2.08. The second-order valence-electron chi connectivity index (χ2n) is 3.71. The molecule has 3 nitrogen and oxygen atoms in total. The second-order valence-corrected chi connectivity index (χ2v) is 3.71. The van der Waals surface area contributed by atoms with Gasteiger partial charge in [0, 0.05) is 12.1 Å². The van der Waals surface area contributed by atoms with E-state index < -0.39 is 0 Å². The van der Waals surface area contributed by atoms with Gasteiger partial charge in [0.15, 0.2) is 0 Å². The third kappa shape index (κ3) is 2.72. The number of rotatable bonds is 3. The fourth-order valence-corrected chi connectivity index (χ4v) is 1.43. The van der Waals surface area contributed by atoms with E-state index in [0.29, 0.717) is 12.1 Å². The summed E-state index contributed by atoms with van der Waals surface area (Å²) in [6, 6.07) is 3.40. The Balaban J connectivity index is 2.91. The molecular formula is C12H17NO2. The maximum atomic E-state index is 11.6. The molecule has 0 aliphatic heterocycles. The summed E-state index contributed by atoms with van der Waals surface area (Å²) in [4.78, 5) is 11.6. The molecule has 1 amide bonds. The van der Waals surface area contributed by atoms with Crippen LogP contribution in [0.4, 0.5) is 0 Å². The highest BCUT2D eigenvalue weighted by Crippen LogP contribution is 2.22. The van der Waals surface area contributed by atoms with Gasteiger partial charge < -0.3 is 10.4 Å². The van der Waals surface area contributed by atoms with Crippen LogP contribution in [0, 0.1) is 13.8 Å². The number of hydrogen-bond donors (Lipinski definition) is 2. The molecule has 15 heavy (non-hydrogen) atoms. The Morgan fingerprint density at radius 3 is 2.33 bits per heavy atom. The molecule has 1 rings (SSSR count). The number of carbonyl (C=O) groups excluding carboxylic acids is 1. The van der Waals surface area contributed by atoms with Crippen molar-refractivity contribution in [1.82, 2.24) is 5.32 Å². The molecule has 0 aromatic heterocycles. The number of carbonyl (C=O) groups is 1. The average Bonchev–Trinajstić information content (AvgIpc) is 2.21. The lowest BCUT2D eigenvalue weighted by atomic mass is 10.1. The lowest BCUT2D eigenvalue weighted by molar-refractivity contribution is 0.0953. The molecule has 0 spiro atoms. The summed E-state index contributed by atoms with van der Waals surface area (Å²) in [5.41, 5.74) is 2.07. The van der Waals surface area contributed by atoms with E-state index in [1.807, 2.05) is 6.92 Å². The molecule has 0 unspecified atom stereocenters. The molecule has 1 aromatic carbocycles. The van der Waals surface area contributed by atoms with E-state index in [2.05, 4.69) is 5.32 Å². The van der Waals surface area contributed by atoms with Gasteiger partial charge in [-0.1, -0.05) is 6.92 Å². The molecule has 0 aliphatic carbocycles. The van der Waals surface area contributed by atoms with Crippen molar-refractivity contribution in [3.63, 3.8) is 0 Å². The zero-order chi connectivity index (χ0) is 11.4. The van der Waals surface area contributed by atoms with Crippen LogP contribution in [0.15, 0.2) is 12.1 Å². The van der Waals surface area contributed by atoms with E-state index in [9.17, 15) is 9.90 Å². The minimum Gasteiger partial charge on any atom is -0.507 e. The number of nitrogens with one attached hydrogen (secondary N) is 1. The molecule has 0 atom stereocenters. The molecule has 1 aromatic rings. The first-order valence-electron chi connectivity index (χ1n) is 5.14. The Morgan fingerprint density at radius 1 is 1.33 bits per heavy atom. The third-order valence-electron chi connectivity index (χ3n) is 2.29. The largest absolute Gasteiger partial charge is 0.507 e. The topological polar surface area (TPSA) is 49.3 Å². The molecular weight excluding hydrogens is 190 g/mol. The van der Waals surface area contributed by atoms with E-state index in [0.717, 1.165) is 17.5 Å². The minimum atomic E-state index is -0.0805. The van der Waals surface area contributed by atoms with Crippen LogP contribution in [0.1, 0.15) is 34.8 Å². The Labute approximate surface area is 90.1 Å². The van der Waals surface area contributed by atoms with Crippen LogP contribution in [0.2, 0.25) is 0 Å². The first-order valence-corrected chi connectivity index (χ1v) is 5.14. The van der Waals surface area contributed by atoms with Gasteiger partial charge >= 0.3 is 0 Å². The van der Waals surface area contributed by atoms with Gasteiger partial charge in [0.1, 0.15) is 5.75 Å². The van der Waals surface area contributed by atoms with Crippen molar-refractivity contribution >= 4 is 5.91 Å². The number of aromatic hydroxyl groups is 1. The van der Waals surface area contributed by atoms with Gasteiger partial charge in [0.05, 0.1) is 0 Å². The highest BCUT2D eigenvalue weighted by molar-refractivity contribution is 5.94. The summed E-state index contributed by atoms with van der Waals surface area (Å²) < 4.78 is 0. The predicted molar refractivity (Wildman–Crippen MR) is 60.2 cm³/mol. The van der Waals surface area contributed by atoms with Gasteiger partial charge in [-0.05, 0) is 43.5 Å². The monoisotopic (exact) mass is 207 g/mol. The molecule has 0 bridgehead atoms. The Hall–Kier alpha value is -1.51.